The fraction of sp³-hybridized carbons (Fsp3) is 0.571. The zero-order valence-corrected chi connectivity index (χ0v) is 9.14. The molecule has 0 aromatic carbocycles. The van der Waals surface area contributed by atoms with Crippen molar-refractivity contribution in [3.63, 3.8) is 0 Å². The SMILES string of the molecule is O=S1(=O)CCC(c2ncc(Br)o2)C1. The smallest absolute Gasteiger partial charge is 0.199 e. The van der Waals surface area contributed by atoms with Gasteiger partial charge in [-0.15, -0.1) is 0 Å². The summed E-state index contributed by atoms with van der Waals surface area (Å²) in [7, 11) is -2.85. The van der Waals surface area contributed by atoms with Crippen LogP contribution in [0.15, 0.2) is 15.3 Å². The van der Waals surface area contributed by atoms with Crippen LogP contribution >= 0.6 is 15.9 Å². The first-order valence-corrected chi connectivity index (χ1v) is 6.50. The summed E-state index contributed by atoms with van der Waals surface area (Å²) >= 11 is 3.13. The predicted molar refractivity (Wildman–Crippen MR) is 50.2 cm³/mol. The van der Waals surface area contributed by atoms with Gasteiger partial charge < -0.3 is 4.42 Å². The molecule has 6 heteroatoms. The normalized spacial score (nSPS) is 26.4. The highest BCUT2D eigenvalue weighted by Crippen LogP contribution is 2.29. The highest BCUT2D eigenvalue weighted by atomic mass is 79.9. The second kappa shape index (κ2) is 3.09. The van der Waals surface area contributed by atoms with E-state index in [0.717, 1.165) is 0 Å². The first-order chi connectivity index (χ1) is 6.07. The summed E-state index contributed by atoms with van der Waals surface area (Å²) in [5.41, 5.74) is 0. The van der Waals surface area contributed by atoms with Gasteiger partial charge in [-0.2, -0.15) is 0 Å². The van der Waals surface area contributed by atoms with Gasteiger partial charge in [-0.25, -0.2) is 13.4 Å². The summed E-state index contributed by atoms with van der Waals surface area (Å²) in [5.74, 6) is 0.877. The fourth-order valence-electron chi connectivity index (χ4n) is 1.45. The van der Waals surface area contributed by atoms with Crippen molar-refractivity contribution in [3.05, 3.63) is 16.8 Å². The Morgan fingerprint density at radius 3 is 2.85 bits per heavy atom. The number of hydrogen-bond donors (Lipinski definition) is 0. The third kappa shape index (κ3) is 1.94. The number of oxazole rings is 1. The van der Waals surface area contributed by atoms with Crippen LogP contribution in [0.4, 0.5) is 0 Å². The Morgan fingerprint density at radius 2 is 2.38 bits per heavy atom. The van der Waals surface area contributed by atoms with Crippen molar-refractivity contribution < 1.29 is 12.8 Å². The van der Waals surface area contributed by atoms with Crippen molar-refractivity contribution in [1.82, 2.24) is 4.98 Å². The van der Waals surface area contributed by atoms with E-state index in [1.165, 1.54) is 0 Å². The van der Waals surface area contributed by atoms with Gasteiger partial charge in [0, 0.05) is 0 Å². The highest BCUT2D eigenvalue weighted by Gasteiger charge is 2.31. The van der Waals surface area contributed by atoms with Crippen LogP contribution in [-0.2, 0) is 9.84 Å². The Hall–Kier alpha value is -0.360. The topological polar surface area (TPSA) is 60.2 Å². The molecule has 0 bridgehead atoms. The Balaban J connectivity index is 2.21. The van der Waals surface area contributed by atoms with Crippen LogP contribution in [0.3, 0.4) is 0 Å². The molecule has 1 aliphatic rings. The van der Waals surface area contributed by atoms with Crippen LogP contribution in [0.1, 0.15) is 18.2 Å². The van der Waals surface area contributed by atoms with E-state index < -0.39 is 9.84 Å². The monoisotopic (exact) mass is 265 g/mol. The maximum Gasteiger partial charge on any atom is 0.199 e. The lowest BCUT2D eigenvalue weighted by atomic mass is 10.1. The van der Waals surface area contributed by atoms with Crippen LogP contribution in [0.5, 0.6) is 0 Å². The molecule has 4 nitrogen and oxygen atoms in total. The minimum absolute atomic E-state index is 0.0590. The number of sulfone groups is 1. The molecule has 1 fully saturated rings. The average Bonchev–Trinajstić information content (AvgIpc) is 2.56. The molecule has 0 radical (unpaired) electrons. The van der Waals surface area contributed by atoms with Crippen LogP contribution in [0, 0.1) is 0 Å². The second-order valence-corrected chi connectivity index (χ2v) is 6.11. The van der Waals surface area contributed by atoms with Crippen molar-refractivity contribution in [2.24, 2.45) is 0 Å². The molecule has 0 aliphatic carbocycles. The van der Waals surface area contributed by atoms with Crippen LogP contribution in [0.25, 0.3) is 0 Å². The molecule has 1 aromatic rings. The quantitative estimate of drug-likeness (QED) is 0.769. The van der Waals surface area contributed by atoms with E-state index in [0.29, 0.717) is 17.0 Å². The lowest BCUT2D eigenvalue weighted by molar-refractivity contribution is 0.445. The lowest BCUT2D eigenvalue weighted by Gasteiger charge is -1.99. The molecule has 0 N–H and O–H groups in total. The van der Waals surface area contributed by atoms with Crippen molar-refractivity contribution in [3.8, 4) is 0 Å². The Labute approximate surface area is 84.4 Å². The van der Waals surface area contributed by atoms with Gasteiger partial charge in [0.25, 0.3) is 0 Å². The van der Waals surface area contributed by atoms with E-state index in [-0.39, 0.29) is 17.4 Å². The number of nitrogens with zero attached hydrogens (tertiary/aromatic N) is 1. The molecule has 0 amide bonds. The first-order valence-electron chi connectivity index (χ1n) is 3.88. The fourth-order valence-corrected chi connectivity index (χ4v) is 3.45. The number of hydrogen-bond acceptors (Lipinski definition) is 4. The third-order valence-electron chi connectivity index (χ3n) is 2.08. The predicted octanol–water partition coefficient (Wildman–Crippen LogP) is 1.34. The number of rotatable bonds is 1. The van der Waals surface area contributed by atoms with Crippen LogP contribution in [0.2, 0.25) is 0 Å². The Kier molecular flexibility index (Phi) is 2.19. The largest absolute Gasteiger partial charge is 0.434 e. The molecule has 72 valence electrons. The maximum atomic E-state index is 11.1. The molecule has 2 heterocycles. The summed E-state index contributed by atoms with van der Waals surface area (Å²) < 4.78 is 28.0. The van der Waals surface area contributed by atoms with E-state index in [9.17, 15) is 8.42 Å². The zero-order chi connectivity index (χ0) is 9.47. The van der Waals surface area contributed by atoms with E-state index in [4.69, 9.17) is 4.42 Å². The molecular formula is C7H8BrNO3S. The Bertz CT molecular complexity index is 411. The first kappa shape index (κ1) is 9.21. The highest BCUT2D eigenvalue weighted by molar-refractivity contribution is 9.10. The van der Waals surface area contributed by atoms with E-state index in [1.54, 1.807) is 6.20 Å². The van der Waals surface area contributed by atoms with E-state index in [1.807, 2.05) is 0 Å². The molecule has 13 heavy (non-hydrogen) atoms. The van der Waals surface area contributed by atoms with Crippen molar-refractivity contribution in [2.75, 3.05) is 11.5 Å². The van der Waals surface area contributed by atoms with Gasteiger partial charge in [-0.05, 0) is 22.4 Å². The average molecular weight is 266 g/mol. The lowest BCUT2D eigenvalue weighted by Crippen LogP contribution is -2.03. The molecule has 1 aliphatic heterocycles. The standard InChI is InChI=1S/C7H8BrNO3S/c8-6-3-9-7(12-6)5-1-2-13(10,11)4-5/h3,5H,1-2,4H2. The summed E-state index contributed by atoms with van der Waals surface area (Å²) in [6, 6.07) is 0. The molecule has 1 saturated heterocycles. The number of halogens is 1. The van der Waals surface area contributed by atoms with Gasteiger partial charge in [-0.3, -0.25) is 0 Å². The molecular weight excluding hydrogens is 258 g/mol. The van der Waals surface area contributed by atoms with Gasteiger partial charge in [0.2, 0.25) is 0 Å². The zero-order valence-electron chi connectivity index (χ0n) is 6.73. The second-order valence-electron chi connectivity index (χ2n) is 3.10. The Morgan fingerprint density at radius 1 is 1.62 bits per heavy atom. The molecule has 0 saturated carbocycles. The molecule has 1 unspecified atom stereocenters. The molecule has 1 aromatic heterocycles. The van der Waals surface area contributed by atoms with Gasteiger partial charge >= 0.3 is 0 Å². The van der Waals surface area contributed by atoms with Crippen LogP contribution in [-0.4, -0.2) is 24.9 Å². The number of aromatic nitrogens is 1. The summed E-state index contributed by atoms with van der Waals surface area (Å²) in [6.45, 7) is 0. The van der Waals surface area contributed by atoms with Crippen molar-refractivity contribution in [2.45, 2.75) is 12.3 Å². The molecule has 1 atom stereocenters. The van der Waals surface area contributed by atoms with Crippen molar-refractivity contribution in [1.29, 1.82) is 0 Å². The van der Waals surface area contributed by atoms with Crippen LogP contribution < -0.4 is 0 Å². The van der Waals surface area contributed by atoms with E-state index >= 15 is 0 Å². The molecule has 2 rings (SSSR count). The van der Waals surface area contributed by atoms with Crippen molar-refractivity contribution >= 4 is 25.8 Å². The summed E-state index contributed by atoms with van der Waals surface area (Å²) in [5, 5.41) is 0. The molecule has 0 spiro atoms. The van der Waals surface area contributed by atoms with E-state index in [2.05, 4.69) is 20.9 Å². The minimum Gasteiger partial charge on any atom is -0.434 e. The maximum absolute atomic E-state index is 11.1. The van der Waals surface area contributed by atoms with Gasteiger partial charge in [0.1, 0.15) is 0 Å². The minimum atomic E-state index is -2.85. The van der Waals surface area contributed by atoms with Gasteiger partial charge in [0.05, 0.1) is 23.6 Å². The summed E-state index contributed by atoms with van der Waals surface area (Å²) in [6.07, 6.45) is 2.16. The van der Waals surface area contributed by atoms with Gasteiger partial charge in [0.15, 0.2) is 20.4 Å². The summed E-state index contributed by atoms with van der Waals surface area (Å²) in [4.78, 5) is 3.99. The van der Waals surface area contributed by atoms with Gasteiger partial charge in [-0.1, -0.05) is 0 Å². The third-order valence-corrected chi connectivity index (χ3v) is 4.21.